The van der Waals surface area contributed by atoms with Gasteiger partial charge in [-0.05, 0) is 49.2 Å². The van der Waals surface area contributed by atoms with Gasteiger partial charge in [0.25, 0.3) is 15.7 Å². The van der Waals surface area contributed by atoms with Gasteiger partial charge >= 0.3 is 0 Å². The molecule has 8 nitrogen and oxygen atoms in total. The summed E-state index contributed by atoms with van der Waals surface area (Å²) in [6, 6.07) is 18.3. The summed E-state index contributed by atoms with van der Waals surface area (Å²) >= 11 is 0. The van der Waals surface area contributed by atoms with Gasteiger partial charge in [-0.2, -0.15) is 0 Å². The lowest BCUT2D eigenvalue weighted by Gasteiger charge is -2.24. The molecule has 0 spiro atoms. The number of hydrogen-bond donors (Lipinski definition) is 1. The van der Waals surface area contributed by atoms with E-state index in [9.17, 15) is 23.3 Å². The quantitative estimate of drug-likeness (QED) is 0.441. The van der Waals surface area contributed by atoms with E-state index < -0.39 is 27.4 Å². The number of nitro benzene ring substituents is 1. The number of hydrogen-bond acceptors (Lipinski definition) is 5. The van der Waals surface area contributed by atoms with Gasteiger partial charge in [0.1, 0.15) is 6.54 Å². The van der Waals surface area contributed by atoms with Gasteiger partial charge in [-0.1, -0.05) is 36.4 Å². The summed E-state index contributed by atoms with van der Waals surface area (Å²) in [6.07, 6.45) is 0. The number of aryl methyl sites for hydroxylation is 2. The number of rotatable bonds is 7. The van der Waals surface area contributed by atoms with Crippen LogP contribution in [-0.2, 0) is 14.8 Å². The summed E-state index contributed by atoms with van der Waals surface area (Å²) in [7, 11) is -4.15. The fourth-order valence-corrected chi connectivity index (χ4v) is 4.42. The molecule has 0 aliphatic carbocycles. The van der Waals surface area contributed by atoms with Crippen molar-refractivity contribution in [1.29, 1.82) is 0 Å². The summed E-state index contributed by atoms with van der Waals surface area (Å²) < 4.78 is 27.5. The lowest BCUT2D eigenvalue weighted by atomic mass is 10.1. The Kier molecular flexibility index (Phi) is 6.36. The lowest BCUT2D eigenvalue weighted by Crippen LogP contribution is -2.38. The van der Waals surface area contributed by atoms with Crippen LogP contribution >= 0.6 is 0 Å². The predicted molar refractivity (Wildman–Crippen MR) is 119 cm³/mol. The maximum absolute atomic E-state index is 13.3. The van der Waals surface area contributed by atoms with E-state index in [4.69, 9.17) is 0 Å². The maximum Gasteiger partial charge on any atom is 0.271 e. The topological polar surface area (TPSA) is 110 Å². The van der Waals surface area contributed by atoms with Crippen LogP contribution in [0.3, 0.4) is 0 Å². The molecule has 3 aromatic carbocycles. The minimum atomic E-state index is -4.15. The molecule has 0 aliphatic heterocycles. The highest BCUT2D eigenvalue weighted by atomic mass is 32.2. The highest BCUT2D eigenvalue weighted by molar-refractivity contribution is 7.92. The number of nitrogens with one attached hydrogen (secondary N) is 1. The molecule has 1 amide bonds. The number of benzene rings is 3. The Labute approximate surface area is 180 Å². The molecule has 0 saturated heterocycles. The number of anilines is 2. The fourth-order valence-electron chi connectivity index (χ4n) is 2.99. The molecule has 0 bridgehead atoms. The zero-order valence-corrected chi connectivity index (χ0v) is 17.8. The van der Waals surface area contributed by atoms with E-state index in [-0.39, 0.29) is 16.3 Å². The second-order valence-corrected chi connectivity index (χ2v) is 8.83. The molecule has 0 heterocycles. The largest absolute Gasteiger partial charge is 0.324 e. The van der Waals surface area contributed by atoms with Crippen molar-refractivity contribution in [2.45, 2.75) is 18.7 Å². The van der Waals surface area contributed by atoms with Gasteiger partial charge in [0.05, 0.1) is 15.5 Å². The number of carbonyl (C=O) groups is 1. The number of non-ortho nitro benzene ring substituents is 1. The Hall–Kier alpha value is -3.72. The van der Waals surface area contributed by atoms with Gasteiger partial charge in [-0.3, -0.25) is 19.2 Å². The molecule has 31 heavy (non-hydrogen) atoms. The molecule has 0 aromatic heterocycles. The normalized spacial score (nSPS) is 11.0. The first-order chi connectivity index (χ1) is 14.7. The second-order valence-electron chi connectivity index (χ2n) is 6.97. The van der Waals surface area contributed by atoms with Crippen LogP contribution in [0, 0.1) is 24.0 Å². The standard InChI is InChI=1S/C22H21N3O5S/c1-16-11-12-17(2)21(13-16)23-22(26)15-24(18-7-6-8-19(14-18)25(27)28)31(29,30)20-9-4-3-5-10-20/h3-14H,15H2,1-2H3,(H,23,26). The number of carbonyl (C=O) groups excluding carboxylic acids is 1. The maximum atomic E-state index is 13.3. The first kappa shape index (κ1) is 22.0. The molecule has 160 valence electrons. The van der Waals surface area contributed by atoms with Crippen LogP contribution in [0.4, 0.5) is 17.1 Å². The average Bonchev–Trinajstić information content (AvgIpc) is 2.75. The van der Waals surface area contributed by atoms with E-state index >= 15 is 0 Å². The minimum Gasteiger partial charge on any atom is -0.324 e. The van der Waals surface area contributed by atoms with Gasteiger partial charge in [0, 0.05) is 17.8 Å². The zero-order chi connectivity index (χ0) is 22.6. The van der Waals surface area contributed by atoms with Gasteiger partial charge in [0.2, 0.25) is 5.91 Å². The third-order valence-corrected chi connectivity index (χ3v) is 6.40. The lowest BCUT2D eigenvalue weighted by molar-refractivity contribution is -0.384. The third kappa shape index (κ3) is 5.07. The average molecular weight is 439 g/mol. The van der Waals surface area contributed by atoms with Crippen LogP contribution in [0.5, 0.6) is 0 Å². The van der Waals surface area contributed by atoms with Crippen LogP contribution in [0.15, 0.2) is 77.7 Å². The van der Waals surface area contributed by atoms with E-state index in [1.54, 1.807) is 24.3 Å². The molecule has 1 N–H and O–H groups in total. The van der Waals surface area contributed by atoms with Crippen molar-refractivity contribution in [2.24, 2.45) is 0 Å². The van der Waals surface area contributed by atoms with E-state index in [0.717, 1.165) is 21.5 Å². The van der Waals surface area contributed by atoms with Gasteiger partial charge in [-0.25, -0.2) is 8.42 Å². The smallest absolute Gasteiger partial charge is 0.271 e. The van der Waals surface area contributed by atoms with E-state index in [0.29, 0.717) is 5.69 Å². The number of sulfonamides is 1. The van der Waals surface area contributed by atoms with Crippen LogP contribution in [-0.4, -0.2) is 25.8 Å². The summed E-state index contributed by atoms with van der Waals surface area (Å²) in [5, 5.41) is 13.9. The van der Waals surface area contributed by atoms with Crippen molar-refractivity contribution < 1.29 is 18.1 Å². The second kappa shape index (κ2) is 8.97. The monoisotopic (exact) mass is 439 g/mol. The molecular weight excluding hydrogens is 418 g/mol. The highest BCUT2D eigenvalue weighted by Crippen LogP contribution is 2.27. The fraction of sp³-hybridized carbons (Fsp3) is 0.136. The van der Waals surface area contributed by atoms with Crippen LogP contribution in [0.2, 0.25) is 0 Å². The van der Waals surface area contributed by atoms with Gasteiger partial charge < -0.3 is 5.32 Å². The molecule has 3 rings (SSSR count). The van der Waals surface area contributed by atoms with E-state index in [2.05, 4.69) is 5.32 Å². The zero-order valence-electron chi connectivity index (χ0n) is 17.0. The van der Waals surface area contributed by atoms with Crippen molar-refractivity contribution in [3.63, 3.8) is 0 Å². The van der Waals surface area contributed by atoms with E-state index in [1.165, 1.54) is 30.3 Å². The first-order valence-electron chi connectivity index (χ1n) is 9.38. The highest BCUT2D eigenvalue weighted by Gasteiger charge is 2.28. The molecule has 0 radical (unpaired) electrons. The summed E-state index contributed by atoms with van der Waals surface area (Å²) in [6.45, 7) is 3.16. The SMILES string of the molecule is Cc1ccc(C)c(NC(=O)CN(c2cccc([N+](=O)[O-])c2)S(=O)(=O)c2ccccc2)c1. The number of amides is 1. The summed E-state index contributed by atoms with van der Waals surface area (Å²) in [5.41, 5.74) is 2.08. The van der Waals surface area contributed by atoms with Crippen molar-refractivity contribution in [1.82, 2.24) is 0 Å². The first-order valence-corrected chi connectivity index (χ1v) is 10.8. The molecule has 0 aliphatic rings. The third-order valence-electron chi connectivity index (χ3n) is 4.61. The molecule has 0 saturated carbocycles. The van der Waals surface area contributed by atoms with Crippen LogP contribution in [0.1, 0.15) is 11.1 Å². The van der Waals surface area contributed by atoms with Crippen LogP contribution < -0.4 is 9.62 Å². The Morgan fingerprint density at radius 1 is 1.00 bits per heavy atom. The molecule has 0 fully saturated rings. The summed E-state index contributed by atoms with van der Waals surface area (Å²) in [4.78, 5) is 23.3. The van der Waals surface area contributed by atoms with Crippen molar-refractivity contribution in [3.05, 3.63) is 94.0 Å². The Morgan fingerprint density at radius 2 is 1.71 bits per heavy atom. The van der Waals surface area contributed by atoms with Crippen molar-refractivity contribution in [2.75, 3.05) is 16.2 Å². The Balaban J connectivity index is 2.00. The van der Waals surface area contributed by atoms with E-state index in [1.807, 2.05) is 26.0 Å². The van der Waals surface area contributed by atoms with Crippen molar-refractivity contribution >= 4 is 33.0 Å². The number of nitro groups is 1. The van der Waals surface area contributed by atoms with Gasteiger partial charge in [-0.15, -0.1) is 0 Å². The molecule has 0 atom stereocenters. The van der Waals surface area contributed by atoms with Crippen molar-refractivity contribution in [3.8, 4) is 0 Å². The number of nitrogens with zero attached hydrogens (tertiary/aromatic N) is 2. The van der Waals surface area contributed by atoms with Gasteiger partial charge in [0.15, 0.2) is 0 Å². The molecule has 9 heteroatoms. The molecule has 3 aromatic rings. The Morgan fingerprint density at radius 3 is 2.39 bits per heavy atom. The summed E-state index contributed by atoms with van der Waals surface area (Å²) in [5.74, 6) is -0.570. The van der Waals surface area contributed by atoms with Crippen LogP contribution in [0.25, 0.3) is 0 Å². The minimum absolute atomic E-state index is 0.0224. The predicted octanol–water partition coefficient (Wildman–Crippen LogP) is 4.05. The Bertz CT molecular complexity index is 1230. The molecule has 0 unspecified atom stereocenters. The molecular formula is C22H21N3O5S.